The summed E-state index contributed by atoms with van der Waals surface area (Å²) in [6.07, 6.45) is 1.86. The summed E-state index contributed by atoms with van der Waals surface area (Å²) < 4.78 is 13.2. The summed E-state index contributed by atoms with van der Waals surface area (Å²) in [7, 11) is 1.75. The molecule has 0 aliphatic carbocycles. The molecule has 0 amide bonds. The first-order valence-corrected chi connectivity index (χ1v) is 6.41. The van der Waals surface area contributed by atoms with E-state index in [0.717, 1.165) is 5.56 Å². The SMILES string of the molecule is CNC=C(C(=O)Cc1cccc(F)c1)c1ccccc1. The van der Waals surface area contributed by atoms with E-state index in [0.29, 0.717) is 11.1 Å². The third kappa shape index (κ3) is 3.54. The van der Waals surface area contributed by atoms with Gasteiger partial charge in [-0.1, -0.05) is 42.5 Å². The van der Waals surface area contributed by atoms with E-state index in [4.69, 9.17) is 0 Å². The Morgan fingerprint density at radius 2 is 1.90 bits per heavy atom. The molecule has 3 heteroatoms. The summed E-state index contributed by atoms with van der Waals surface area (Å²) in [5, 5.41) is 2.89. The van der Waals surface area contributed by atoms with Gasteiger partial charge in [-0.15, -0.1) is 0 Å². The van der Waals surface area contributed by atoms with Gasteiger partial charge in [0.05, 0.1) is 0 Å². The zero-order valence-corrected chi connectivity index (χ0v) is 11.3. The lowest BCUT2D eigenvalue weighted by molar-refractivity contribution is -0.113. The molecule has 0 heterocycles. The molecule has 0 atom stereocenters. The number of nitrogens with one attached hydrogen (secondary N) is 1. The third-order valence-electron chi connectivity index (χ3n) is 2.93. The summed E-state index contributed by atoms with van der Waals surface area (Å²) in [6.45, 7) is 0. The number of carbonyl (C=O) groups is 1. The second-order valence-corrected chi connectivity index (χ2v) is 4.44. The third-order valence-corrected chi connectivity index (χ3v) is 2.93. The van der Waals surface area contributed by atoms with E-state index in [-0.39, 0.29) is 18.0 Å². The predicted molar refractivity (Wildman–Crippen MR) is 78.6 cm³/mol. The van der Waals surface area contributed by atoms with E-state index in [1.807, 2.05) is 30.3 Å². The van der Waals surface area contributed by atoms with E-state index in [1.165, 1.54) is 12.1 Å². The highest BCUT2D eigenvalue weighted by molar-refractivity contribution is 6.21. The van der Waals surface area contributed by atoms with Gasteiger partial charge in [-0.2, -0.15) is 0 Å². The van der Waals surface area contributed by atoms with Crippen LogP contribution in [0, 0.1) is 5.82 Å². The Morgan fingerprint density at radius 1 is 1.15 bits per heavy atom. The Hall–Kier alpha value is -2.42. The fourth-order valence-corrected chi connectivity index (χ4v) is 2.01. The second kappa shape index (κ2) is 6.66. The van der Waals surface area contributed by atoms with E-state index in [9.17, 15) is 9.18 Å². The largest absolute Gasteiger partial charge is 0.393 e. The van der Waals surface area contributed by atoms with Crippen LogP contribution in [0.1, 0.15) is 11.1 Å². The quantitative estimate of drug-likeness (QED) is 0.845. The number of ketones is 1. The standard InChI is InChI=1S/C17H16FNO/c1-19-12-16(14-7-3-2-4-8-14)17(20)11-13-6-5-9-15(18)10-13/h2-10,12,19H,11H2,1H3. The van der Waals surface area contributed by atoms with Crippen LogP contribution < -0.4 is 5.32 Å². The van der Waals surface area contributed by atoms with Crippen molar-refractivity contribution in [3.8, 4) is 0 Å². The Labute approximate surface area is 118 Å². The van der Waals surface area contributed by atoms with Crippen LogP contribution in [0.15, 0.2) is 60.8 Å². The maximum atomic E-state index is 13.2. The number of allylic oxidation sites excluding steroid dienone is 1. The van der Waals surface area contributed by atoms with Crippen molar-refractivity contribution in [3.05, 3.63) is 77.7 Å². The Balaban J connectivity index is 2.23. The van der Waals surface area contributed by atoms with Crippen molar-refractivity contribution in [2.75, 3.05) is 7.05 Å². The fraction of sp³-hybridized carbons (Fsp3) is 0.118. The molecule has 102 valence electrons. The number of carbonyl (C=O) groups excluding carboxylic acids is 1. The molecule has 0 aliphatic rings. The minimum Gasteiger partial charge on any atom is -0.393 e. The van der Waals surface area contributed by atoms with E-state index >= 15 is 0 Å². The van der Waals surface area contributed by atoms with Crippen LogP contribution in [0.25, 0.3) is 5.57 Å². The van der Waals surface area contributed by atoms with Crippen LogP contribution in [0.5, 0.6) is 0 Å². The molecular weight excluding hydrogens is 253 g/mol. The van der Waals surface area contributed by atoms with E-state index in [2.05, 4.69) is 5.32 Å². The van der Waals surface area contributed by atoms with Gasteiger partial charge in [0.25, 0.3) is 0 Å². The Kier molecular flexibility index (Phi) is 4.66. The highest BCUT2D eigenvalue weighted by Crippen LogP contribution is 2.17. The van der Waals surface area contributed by atoms with Crippen LogP contribution in [0.4, 0.5) is 4.39 Å². The number of hydrogen-bond donors (Lipinski definition) is 1. The molecule has 2 nitrogen and oxygen atoms in total. The first kappa shape index (κ1) is 14.0. The molecule has 0 aliphatic heterocycles. The predicted octanol–water partition coefficient (Wildman–Crippen LogP) is 3.20. The van der Waals surface area contributed by atoms with Gasteiger partial charge in [0, 0.05) is 25.2 Å². The van der Waals surface area contributed by atoms with Crippen molar-refractivity contribution in [1.29, 1.82) is 0 Å². The van der Waals surface area contributed by atoms with Crippen molar-refractivity contribution in [3.63, 3.8) is 0 Å². The molecule has 0 aromatic heterocycles. The highest BCUT2D eigenvalue weighted by atomic mass is 19.1. The summed E-state index contributed by atoms with van der Waals surface area (Å²) in [4.78, 5) is 12.4. The van der Waals surface area contributed by atoms with Crippen molar-refractivity contribution < 1.29 is 9.18 Å². The van der Waals surface area contributed by atoms with Crippen LogP contribution in [0.3, 0.4) is 0 Å². The van der Waals surface area contributed by atoms with Gasteiger partial charge in [-0.25, -0.2) is 4.39 Å². The number of hydrogen-bond acceptors (Lipinski definition) is 2. The molecule has 2 rings (SSSR count). The van der Waals surface area contributed by atoms with Crippen molar-refractivity contribution in [2.24, 2.45) is 0 Å². The fourth-order valence-electron chi connectivity index (χ4n) is 2.01. The van der Waals surface area contributed by atoms with Crippen LogP contribution in [0.2, 0.25) is 0 Å². The van der Waals surface area contributed by atoms with E-state index < -0.39 is 0 Å². The summed E-state index contributed by atoms with van der Waals surface area (Å²) in [5.74, 6) is -0.370. The maximum absolute atomic E-state index is 13.2. The average Bonchev–Trinajstić information content (AvgIpc) is 2.45. The lowest BCUT2D eigenvalue weighted by Gasteiger charge is -2.07. The minimum absolute atomic E-state index is 0.0452. The molecule has 0 saturated heterocycles. The molecule has 0 saturated carbocycles. The van der Waals surface area contributed by atoms with Gasteiger partial charge in [0.2, 0.25) is 0 Å². The number of rotatable bonds is 5. The number of halogens is 1. The smallest absolute Gasteiger partial charge is 0.169 e. The second-order valence-electron chi connectivity index (χ2n) is 4.44. The molecule has 0 unspecified atom stereocenters. The summed E-state index contributed by atoms with van der Waals surface area (Å²) >= 11 is 0. The molecule has 0 radical (unpaired) electrons. The van der Waals surface area contributed by atoms with Gasteiger partial charge in [0.15, 0.2) is 5.78 Å². The van der Waals surface area contributed by atoms with Gasteiger partial charge in [0.1, 0.15) is 5.82 Å². The molecule has 2 aromatic rings. The van der Waals surface area contributed by atoms with Crippen molar-refractivity contribution >= 4 is 11.4 Å². The lowest BCUT2D eigenvalue weighted by Crippen LogP contribution is -2.09. The summed E-state index contributed by atoms with van der Waals surface area (Å²) in [5.41, 5.74) is 2.12. The highest BCUT2D eigenvalue weighted by Gasteiger charge is 2.12. The normalized spacial score (nSPS) is 11.2. The maximum Gasteiger partial charge on any atom is 0.169 e. The molecule has 20 heavy (non-hydrogen) atoms. The lowest BCUT2D eigenvalue weighted by atomic mass is 9.98. The first-order chi connectivity index (χ1) is 9.70. The zero-order valence-electron chi connectivity index (χ0n) is 11.3. The number of Topliss-reactive ketones (excluding diaryl/α,β-unsaturated/α-hetero) is 1. The Morgan fingerprint density at radius 3 is 2.55 bits per heavy atom. The van der Waals surface area contributed by atoms with Crippen LogP contribution >= 0.6 is 0 Å². The molecule has 0 spiro atoms. The number of benzene rings is 2. The van der Waals surface area contributed by atoms with Gasteiger partial charge < -0.3 is 5.32 Å². The topological polar surface area (TPSA) is 29.1 Å². The van der Waals surface area contributed by atoms with Crippen molar-refractivity contribution in [2.45, 2.75) is 6.42 Å². The van der Waals surface area contributed by atoms with E-state index in [1.54, 1.807) is 25.4 Å². The van der Waals surface area contributed by atoms with Gasteiger partial charge in [-0.3, -0.25) is 4.79 Å². The molecule has 1 N–H and O–H groups in total. The van der Waals surface area contributed by atoms with Crippen LogP contribution in [-0.4, -0.2) is 12.8 Å². The summed E-state index contributed by atoms with van der Waals surface area (Å²) in [6, 6.07) is 15.6. The van der Waals surface area contributed by atoms with Crippen molar-refractivity contribution in [1.82, 2.24) is 5.32 Å². The molecule has 0 fully saturated rings. The molecular formula is C17H16FNO. The van der Waals surface area contributed by atoms with Gasteiger partial charge >= 0.3 is 0 Å². The van der Waals surface area contributed by atoms with Gasteiger partial charge in [-0.05, 0) is 23.3 Å². The average molecular weight is 269 g/mol. The first-order valence-electron chi connectivity index (χ1n) is 6.41. The monoisotopic (exact) mass is 269 g/mol. The van der Waals surface area contributed by atoms with Crippen LogP contribution in [-0.2, 0) is 11.2 Å². The Bertz CT molecular complexity index is 620. The molecule has 0 bridgehead atoms. The minimum atomic E-state index is -0.325. The molecule has 2 aromatic carbocycles. The zero-order chi connectivity index (χ0) is 14.4.